The second-order valence-electron chi connectivity index (χ2n) is 7.25. The van der Waals surface area contributed by atoms with E-state index >= 15 is 0 Å². The molecule has 1 aliphatic heterocycles. The molecule has 0 aromatic heterocycles. The van der Waals surface area contributed by atoms with E-state index in [0.717, 1.165) is 18.4 Å². The highest BCUT2D eigenvalue weighted by atomic mass is 16.6. The number of ketones is 1. The molecule has 0 radical (unpaired) electrons. The highest BCUT2D eigenvalue weighted by Crippen LogP contribution is 2.46. The lowest BCUT2D eigenvalue weighted by molar-refractivity contribution is -0.148. The Labute approximate surface area is 143 Å². The summed E-state index contributed by atoms with van der Waals surface area (Å²) in [5.41, 5.74) is 1.41. The Morgan fingerprint density at radius 1 is 1.38 bits per heavy atom. The van der Waals surface area contributed by atoms with Crippen LogP contribution in [0.25, 0.3) is 0 Å². The predicted octanol–water partition coefficient (Wildman–Crippen LogP) is 2.72. The highest BCUT2D eigenvalue weighted by Gasteiger charge is 2.57. The van der Waals surface area contributed by atoms with E-state index in [1.54, 1.807) is 0 Å². The molecule has 5 heteroatoms. The molecule has 4 atom stereocenters. The summed E-state index contributed by atoms with van der Waals surface area (Å²) in [6.07, 6.45) is 4.35. The minimum absolute atomic E-state index is 0.0434. The van der Waals surface area contributed by atoms with Crippen LogP contribution in [-0.2, 0) is 19.1 Å². The van der Waals surface area contributed by atoms with Gasteiger partial charge in [0, 0.05) is 13.5 Å². The molecule has 1 saturated heterocycles. The second-order valence-corrected chi connectivity index (χ2v) is 7.25. The van der Waals surface area contributed by atoms with Crippen molar-refractivity contribution in [2.75, 3.05) is 7.11 Å². The molecule has 2 rings (SSSR count). The van der Waals surface area contributed by atoms with Gasteiger partial charge < -0.3 is 14.6 Å². The first-order valence-corrected chi connectivity index (χ1v) is 8.53. The molecule has 2 aliphatic rings. The van der Waals surface area contributed by atoms with Crippen LogP contribution in [0.1, 0.15) is 52.9 Å². The Bertz CT molecular complexity index is 558. The quantitative estimate of drug-likeness (QED) is 0.617. The highest BCUT2D eigenvalue weighted by molar-refractivity contribution is 5.93. The van der Waals surface area contributed by atoms with Gasteiger partial charge in [0.2, 0.25) is 0 Å². The normalized spacial score (nSPS) is 33.7. The van der Waals surface area contributed by atoms with Crippen LogP contribution in [0.15, 0.2) is 23.3 Å². The van der Waals surface area contributed by atoms with Crippen LogP contribution in [0.2, 0.25) is 0 Å². The molecule has 1 saturated carbocycles. The molecule has 0 amide bonds. The third-order valence-corrected chi connectivity index (χ3v) is 5.04. The summed E-state index contributed by atoms with van der Waals surface area (Å²) < 4.78 is 10.6. The molecule has 24 heavy (non-hydrogen) atoms. The zero-order chi connectivity index (χ0) is 17.9. The average molecular weight is 336 g/mol. The summed E-state index contributed by atoms with van der Waals surface area (Å²) in [6, 6.07) is 0. The molecule has 0 aromatic carbocycles. The van der Waals surface area contributed by atoms with Crippen molar-refractivity contribution in [2.24, 2.45) is 5.41 Å². The predicted molar refractivity (Wildman–Crippen MR) is 90.4 cm³/mol. The van der Waals surface area contributed by atoms with Gasteiger partial charge in [0.25, 0.3) is 0 Å². The van der Waals surface area contributed by atoms with Crippen LogP contribution in [0.3, 0.4) is 0 Å². The van der Waals surface area contributed by atoms with Crippen LogP contribution in [0.5, 0.6) is 0 Å². The topological polar surface area (TPSA) is 72.8 Å². The minimum Gasteiger partial charge on any atom is -0.457 e. The molecule has 1 heterocycles. The molecule has 2 fully saturated rings. The second kappa shape index (κ2) is 7.62. The number of rotatable bonds is 5. The van der Waals surface area contributed by atoms with Gasteiger partial charge in [-0.05, 0) is 46.1 Å². The maximum atomic E-state index is 12.7. The molecule has 1 unspecified atom stereocenters. The number of ether oxygens (including phenoxy) is 2. The van der Waals surface area contributed by atoms with E-state index < -0.39 is 23.7 Å². The lowest BCUT2D eigenvalue weighted by Crippen LogP contribution is -2.51. The standard InChI is InChI=1S/C19H28O5/c1-12(2)6-5-7-13(3)8-17-19(11-18(22)24-17)10-14(20)15(23-4)9-16(19)21/h6,8,14-15,17,20H,5,7,9-11H2,1-4H3/b13-8+/t14-,15-,17+,19?/m0/s1. The molecule has 1 spiro atoms. The number of hydrogen-bond acceptors (Lipinski definition) is 5. The van der Waals surface area contributed by atoms with Crippen molar-refractivity contribution < 1.29 is 24.2 Å². The largest absolute Gasteiger partial charge is 0.457 e. The van der Waals surface area contributed by atoms with Gasteiger partial charge in [-0.3, -0.25) is 9.59 Å². The molecule has 5 nitrogen and oxygen atoms in total. The zero-order valence-corrected chi connectivity index (χ0v) is 15.0. The number of carbonyl (C=O) groups excluding carboxylic acids is 2. The molecule has 0 aromatic rings. The SMILES string of the molecule is CO[C@H]1CC(=O)C2(CC(=O)O[C@@H]2/C=C(\C)CCC=C(C)C)C[C@@H]1O. The lowest BCUT2D eigenvalue weighted by Gasteiger charge is -2.39. The van der Waals surface area contributed by atoms with E-state index in [1.165, 1.54) is 12.7 Å². The number of cyclic esters (lactones) is 1. The summed E-state index contributed by atoms with van der Waals surface area (Å²) in [5, 5.41) is 10.3. The summed E-state index contributed by atoms with van der Waals surface area (Å²) in [6.45, 7) is 6.10. The number of aliphatic hydroxyl groups is 1. The third-order valence-electron chi connectivity index (χ3n) is 5.04. The van der Waals surface area contributed by atoms with Gasteiger partial charge in [-0.1, -0.05) is 17.2 Å². The maximum Gasteiger partial charge on any atom is 0.307 e. The van der Waals surface area contributed by atoms with E-state index in [1.807, 2.05) is 13.0 Å². The number of esters is 1. The van der Waals surface area contributed by atoms with Gasteiger partial charge in [-0.2, -0.15) is 0 Å². The van der Waals surface area contributed by atoms with Crippen LogP contribution in [-0.4, -0.2) is 42.3 Å². The fraction of sp³-hybridized carbons (Fsp3) is 0.684. The van der Waals surface area contributed by atoms with Crippen molar-refractivity contribution in [3.8, 4) is 0 Å². The van der Waals surface area contributed by atoms with Crippen LogP contribution < -0.4 is 0 Å². The molecule has 1 aliphatic carbocycles. The third kappa shape index (κ3) is 3.95. The Hall–Kier alpha value is -1.46. The van der Waals surface area contributed by atoms with Crippen molar-refractivity contribution in [3.63, 3.8) is 0 Å². The van der Waals surface area contributed by atoms with Crippen molar-refractivity contribution >= 4 is 11.8 Å². The van der Waals surface area contributed by atoms with E-state index in [-0.39, 0.29) is 31.0 Å². The van der Waals surface area contributed by atoms with Gasteiger partial charge in [0.1, 0.15) is 11.9 Å². The van der Waals surface area contributed by atoms with Gasteiger partial charge in [0.05, 0.1) is 24.0 Å². The average Bonchev–Trinajstić information content (AvgIpc) is 2.79. The van der Waals surface area contributed by atoms with Crippen molar-refractivity contribution in [2.45, 2.75) is 71.2 Å². The maximum absolute atomic E-state index is 12.7. The molecule has 0 bridgehead atoms. The number of aliphatic hydroxyl groups excluding tert-OH is 1. The summed E-state index contributed by atoms with van der Waals surface area (Å²) >= 11 is 0. The fourth-order valence-electron chi connectivity index (χ4n) is 3.60. The Morgan fingerprint density at radius 2 is 2.08 bits per heavy atom. The Morgan fingerprint density at radius 3 is 2.71 bits per heavy atom. The summed E-state index contributed by atoms with van der Waals surface area (Å²) in [5.74, 6) is -0.423. The van der Waals surface area contributed by atoms with E-state index in [2.05, 4.69) is 19.9 Å². The van der Waals surface area contributed by atoms with Crippen LogP contribution in [0.4, 0.5) is 0 Å². The number of carbonyl (C=O) groups is 2. The van der Waals surface area contributed by atoms with Gasteiger partial charge in [-0.25, -0.2) is 0 Å². The first-order valence-electron chi connectivity index (χ1n) is 8.53. The number of Topliss-reactive ketones (excluding diaryl/α,β-unsaturated/α-hetero) is 1. The Kier molecular flexibility index (Phi) is 5.99. The first kappa shape index (κ1) is 18.9. The molecule has 1 N–H and O–H groups in total. The van der Waals surface area contributed by atoms with Gasteiger partial charge in [0.15, 0.2) is 0 Å². The van der Waals surface area contributed by atoms with Gasteiger partial charge >= 0.3 is 5.97 Å². The molecular formula is C19H28O5. The smallest absolute Gasteiger partial charge is 0.307 e. The monoisotopic (exact) mass is 336 g/mol. The fourth-order valence-corrected chi connectivity index (χ4v) is 3.60. The number of allylic oxidation sites excluding steroid dienone is 3. The van der Waals surface area contributed by atoms with Crippen molar-refractivity contribution in [1.29, 1.82) is 0 Å². The summed E-state index contributed by atoms with van der Waals surface area (Å²) in [7, 11) is 1.49. The molecular weight excluding hydrogens is 308 g/mol. The Balaban J connectivity index is 2.18. The van der Waals surface area contributed by atoms with Crippen LogP contribution >= 0.6 is 0 Å². The minimum atomic E-state index is -0.941. The van der Waals surface area contributed by atoms with Crippen molar-refractivity contribution in [1.82, 2.24) is 0 Å². The summed E-state index contributed by atoms with van der Waals surface area (Å²) in [4.78, 5) is 24.6. The van der Waals surface area contributed by atoms with Crippen LogP contribution in [0, 0.1) is 5.41 Å². The van der Waals surface area contributed by atoms with Crippen molar-refractivity contribution in [3.05, 3.63) is 23.3 Å². The zero-order valence-electron chi connectivity index (χ0n) is 15.0. The van der Waals surface area contributed by atoms with E-state index in [9.17, 15) is 14.7 Å². The number of methoxy groups -OCH3 is 1. The first-order chi connectivity index (χ1) is 11.3. The van der Waals surface area contributed by atoms with E-state index in [4.69, 9.17) is 9.47 Å². The van der Waals surface area contributed by atoms with Gasteiger partial charge in [-0.15, -0.1) is 0 Å². The lowest BCUT2D eigenvalue weighted by atomic mass is 9.66. The number of hydrogen-bond donors (Lipinski definition) is 1. The van der Waals surface area contributed by atoms with E-state index in [0.29, 0.717) is 0 Å². The molecule has 134 valence electrons.